The molecule has 0 spiro atoms. The van der Waals surface area contributed by atoms with Crippen molar-refractivity contribution in [1.82, 2.24) is 24.7 Å². The van der Waals surface area contributed by atoms with Crippen molar-refractivity contribution in [1.29, 1.82) is 0 Å². The summed E-state index contributed by atoms with van der Waals surface area (Å²) in [5, 5.41) is 2.15. The maximum atomic E-state index is 12.3. The number of carbonyl (C=O) groups excluding carboxylic acids is 4. The van der Waals surface area contributed by atoms with Crippen molar-refractivity contribution in [3.63, 3.8) is 0 Å². The number of nitrogens with zero attached hydrogens (tertiary/aromatic N) is 7. The zero-order valence-electron chi connectivity index (χ0n) is 33.9. The summed E-state index contributed by atoms with van der Waals surface area (Å²) in [4.78, 5) is 65.6. The first-order valence-corrected chi connectivity index (χ1v) is 21.4. The predicted octanol–water partition coefficient (Wildman–Crippen LogP) is 7.67. The van der Waals surface area contributed by atoms with Crippen LogP contribution in [0.3, 0.4) is 0 Å². The molecule has 15 heteroatoms. The van der Waals surface area contributed by atoms with Gasteiger partial charge in [-0.2, -0.15) is 0 Å². The van der Waals surface area contributed by atoms with Crippen LogP contribution in [0, 0.1) is 0 Å². The first kappa shape index (κ1) is 45.3. The summed E-state index contributed by atoms with van der Waals surface area (Å²) in [5.74, 6) is -0.921. The molecule has 0 aromatic heterocycles. The molecule has 0 atom stereocenters. The summed E-state index contributed by atoms with van der Waals surface area (Å²) >= 11 is 12.8. The van der Waals surface area contributed by atoms with E-state index in [9.17, 15) is 19.2 Å². The Morgan fingerprint density at radius 1 is 0.569 bits per heavy atom. The average molecular weight is 845 g/mol. The predicted molar refractivity (Wildman–Crippen MR) is 229 cm³/mol. The molecule has 2 aromatic rings. The van der Waals surface area contributed by atoms with Crippen LogP contribution in [0.15, 0.2) is 36.4 Å². The highest BCUT2D eigenvalue weighted by molar-refractivity contribution is 6.31. The van der Waals surface area contributed by atoms with Crippen LogP contribution in [0.25, 0.3) is 0 Å². The second-order valence-electron chi connectivity index (χ2n) is 16.7. The van der Waals surface area contributed by atoms with E-state index in [2.05, 4.69) is 43.9 Å². The van der Waals surface area contributed by atoms with E-state index in [4.69, 9.17) is 32.8 Å². The fourth-order valence-corrected chi connectivity index (χ4v) is 8.44. The molecule has 0 aliphatic carbocycles. The Hall–Kier alpha value is -3.78. The maximum Gasteiger partial charge on any atom is 0.434 e. The molecule has 5 aliphatic heterocycles. The molecular formula is C43H63Cl2N7O6. The molecule has 4 amide bonds. The van der Waals surface area contributed by atoms with Crippen LogP contribution in [0.4, 0.5) is 21.0 Å². The Morgan fingerprint density at radius 3 is 1.36 bits per heavy atom. The molecule has 5 heterocycles. The molecule has 7 rings (SSSR count). The summed E-state index contributed by atoms with van der Waals surface area (Å²) in [6, 6.07) is 12.7. The summed E-state index contributed by atoms with van der Waals surface area (Å²) < 4.78 is 5.47. The maximum absolute atomic E-state index is 12.3. The summed E-state index contributed by atoms with van der Waals surface area (Å²) in [7, 11) is 0. The Morgan fingerprint density at radius 2 is 0.966 bits per heavy atom. The lowest BCUT2D eigenvalue weighted by molar-refractivity contribution is -0.174. The Bertz CT molecular complexity index is 1700. The van der Waals surface area contributed by atoms with Crippen LogP contribution in [-0.2, 0) is 32.3 Å². The Kier molecular flexibility index (Phi) is 16.4. The van der Waals surface area contributed by atoms with Crippen molar-refractivity contribution < 1.29 is 28.8 Å². The van der Waals surface area contributed by atoms with Gasteiger partial charge in [0.2, 0.25) is 0 Å². The number of carbonyl (C=O) groups is 4. The number of piperazine rings is 2. The van der Waals surface area contributed by atoms with Crippen molar-refractivity contribution >= 4 is 58.6 Å². The van der Waals surface area contributed by atoms with Crippen LogP contribution < -0.4 is 9.80 Å². The van der Waals surface area contributed by atoms with Gasteiger partial charge in [0, 0.05) is 126 Å². The average Bonchev–Trinajstić information content (AvgIpc) is 3.50. The zero-order chi connectivity index (χ0) is 40.5. The van der Waals surface area contributed by atoms with Gasteiger partial charge < -0.3 is 29.2 Å². The number of rotatable bonds is 7. The number of benzene rings is 2. The molecule has 58 heavy (non-hydrogen) atoms. The minimum absolute atomic E-state index is 0. The molecule has 2 aromatic carbocycles. The Balaban J connectivity index is 0.000000218. The van der Waals surface area contributed by atoms with E-state index < -0.39 is 23.5 Å². The Labute approximate surface area is 355 Å². The lowest BCUT2D eigenvalue weighted by Crippen LogP contribution is -2.50. The largest absolute Gasteiger partial charge is 0.444 e. The van der Waals surface area contributed by atoms with E-state index >= 15 is 0 Å². The molecule has 0 bridgehead atoms. The number of hydrogen-bond acceptors (Lipinski definition) is 10. The summed E-state index contributed by atoms with van der Waals surface area (Å²) in [5.41, 5.74) is 4.38. The summed E-state index contributed by atoms with van der Waals surface area (Å²) in [6.45, 7) is 17.2. The highest BCUT2D eigenvalue weighted by Crippen LogP contribution is 2.28. The van der Waals surface area contributed by atoms with Gasteiger partial charge in [-0.1, -0.05) is 30.6 Å². The molecule has 13 nitrogen and oxygen atoms in total. The van der Waals surface area contributed by atoms with Gasteiger partial charge in [0.05, 0.1) is 0 Å². The number of imide groups is 1. The molecule has 5 saturated heterocycles. The summed E-state index contributed by atoms with van der Waals surface area (Å²) in [6.07, 6.45) is 6.90. The monoisotopic (exact) mass is 843 g/mol. The second-order valence-corrected chi connectivity index (χ2v) is 17.5. The second kappa shape index (κ2) is 21.0. The fraction of sp³-hybridized carbons (Fsp3) is 0.628. The minimum atomic E-state index is -0.645. The number of anilines is 2. The van der Waals surface area contributed by atoms with Crippen molar-refractivity contribution in [2.24, 2.45) is 0 Å². The first-order valence-electron chi connectivity index (χ1n) is 20.6. The van der Waals surface area contributed by atoms with Crippen LogP contribution >= 0.6 is 23.2 Å². The topological polar surface area (TPSA) is 109 Å². The van der Waals surface area contributed by atoms with Gasteiger partial charge in [0.15, 0.2) is 0 Å². The SMILES string of the molecule is C.CC(C)(C)OC(=O)N1CCN(Cc2cc(Cl)cc(N3CCCCC3)c2)CC1.O=C(ON1C(=O)CCC1=O)N1CCN(Cc2cc(Cl)cc(N3CCCCC3)c2)CC1. The minimum Gasteiger partial charge on any atom is -0.444 e. The third kappa shape index (κ3) is 13.1. The number of hydroxylamine groups is 2. The van der Waals surface area contributed by atoms with Crippen molar-refractivity contribution in [2.75, 3.05) is 88.3 Å². The van der Waals surface area contributed by atoms with Gasteiger partial charge in [-0.25, -0.2) is 9.59 Å². The third-order valence-electron chi connectivity index (χ3n) is 11.0. The smallest absolute Gasteiger partial charge is 0.434 e. The lowest BCUT2D eigenvalue weighted by atomic mass is 10.1. The third-order valence-corrected chi connectivity index (χ3v) is 11.4. The van der Waals surface area contributed by atoms with Crippen molar-refractivity contribution in [2.45, 2.75) is 98.3 Å². The van der Waals surface area contributed by atoms with E-state index in [1.807, 2.05) is 32.9 Å². The molecule has 5 fully saturated rings. The van der Waals surface area contributed by atoms with Crippen LogP contribution in [0.1, 0.15) is 90.7 Å². The van der Waals surface area contributed by atoms with E-state index in [1.54, 1.807) is 4.90 Å². The highest BCUT2D eigenvalue weighted by atomic mass is 35.5. The van der Waals surface area contributed by atoms with Crippen molar-refractivity contribution in [3.8, 4) is 0 Å². The van der Waals surface area contributed by atoms with Gasteiger partial charge in [-0.15, -0.1) is 5.06 Å². The van der Waals surface area contributed by atoms with E-state index in [0.717, 1.165) is 68.0 Å². The number of amides is 4. The highest BCUT2D eigenvalue weighted by Gasteiger charge is 2.35. The van der Waals surface area contributed by atoms with E-state index in [1.165, 1.54) is 60.4 Å². The first-order chi connectivity index (χ1) is 27.3. The van der Waals surface area contributed by atoms with E-state index in [0.29, 0.717) is 44.3 Å². The number of hydrogen-bond donors (Lipinski definition) is 0. The molecule has 0 saturated carbocycles. The molecule has 0 N–H and O–H groups in total. The van der Waals surface area contributed by atoms with Crippen LogP contribution in [-0.4, -0.2) is 133 Å². The fourth-order valence-electron chi connectivity index (χ4n) is 7.93. The quantitative estimate of drug-likeness (QED) is 0.258. The normalized spacial score (nSPS) is 19.7. The van der Waals surface area contributed by atoms with Crippen molar-refractivity contribution in [3.05, 3.63) is 57.6 Å². The molecule has 320 valence electrons. The molecule has 0 unspecified atom stereocenters. The van der Waals surface area contributed by atoms with Gasteiger partial charge in [0.25, 0.3) is 11.8 Å². The van der Waals surface area contributed by atoms with Gasteiger partial charge in [0.1, 0.15) is 5.60 Å². The number of halogens is 2. The zero-order valence-corrected chi connectivity index (χ0v) is 35.4. The lowest BCUT2D eigenvalue weighted by Gasteiger charge is -2.36. The molecule has 0 radical (unpaired) electrons. The molecular weight excluding hydrogens is 781 g/mol. The molecule has 5 aliphatic rings. The van der Waals surface area contributed by atoms with Crippen LogP contribution in [0.2, 0.25) is 10.0 Å². The number of piperidine rings is 2. The van der Waals surface area contributed by atoms with Gasteiger partial charge in [-0.3, -0.25) is 19.4 Å². The van der Waals surface area contributed by atoms with Gasteiger partial charge >= 0.3 is 12.2 Å². The van der Waals surface area contributed by atoms with Crippen LogP contribution in [0.5, 0.6) is 0 Å². The standard InChI is InChI=1S/C21H27ClN4O4.C21H32ClN3O2.CH4/c22-17-12-16(13-18(14-17)24-6-2-1-3-7-24)15-23-8-10-25(11-9-23)21(29)30-26-19(27)4-5-20(26)28;1-21(2,3)27-20(26)25-11-9-23(10-12-25)16-17-13-18(22)15-19(14-17)24-7-5-4-6-8-24;/h12-14H,1-11,15H2;13-15H,4-12,16H2,1-3H3;1H4. The van der Waals surface area contributed by atoms with Gasteiger partial charge in [-0.05, 0) is 107 Å². The van der Waals surface area contributed by atoms with E-state index in [-0.39, 0.29) is 26.4 Å². The number of ether oxygens (including phenoxy) is 1.